The highest BCUT2D eigenvalue weighted by Gasteiger charge is 2.17. The summed E-state index contributed by atoms with van der Waals surface area (Å²) in [7, 11) is 0. The minimum atomic E-state index is -0.489. The van der Waals surface area contributed by atoms with Crippen molar-refractivity contribution in [1.29, 1.82) is 0 Å². The number of hydrogen-bond donors (Lipinski definition) is 1. The Bertz CT molecular complexity index is 421. The predicted octanol–water partition coefficient (Wildman–Crippen LogP) is 3.29. The molecule has 2 nitrogen and oxygen atoms in total. The summed E-state index contributed by atoms with van der Waals surface area (Å²) in [6.45, 7) is 7.21. The van der Waals surface area contributed by atoms with Gasteiger partial charge in [0.1, 0.15) is 5.82 Å². The summed E-state index contributed by atoms with van der Waals surface area (Å²) >= 11 is 0. The van der Waals surface area contributed by atoms with Crippen molar-refractivity contribution in [2.45, 2.75) is 39.2 Å². The summed E-state index contributed by atoms with van der Waals surface area (Å²) in [6, 6.07) is 4.88. The summed E-state index contributed by atoms with van der Waals surface area (Å²) in [5, 5.41) is 10.2. The van der Waals surface area contributed by atoms with Gasteiger partial charge in [0.2, 0.25) is 0 Å². The summed E-state index contributed by atoms with van der Waals surface area (Å²) in [5.74, 6) is 0.555. The summed E-state index contributed by atoms with van der Waals surface area (Å²) in [6.07, 6.45) is 2.80. The lowest BCUT2D eigenvalue weighted by Gasteiger charge is -2.31. The molecule has 2 rings (SSSR count). The van der Waals surface area contributed by atoms with Gasteiger partial charge in [-0.15, -0.1) is 0 Å². The van der Waals surface area contributed by atoms with Gasteiger partial charge >= 0.3 is 0 Å². The monoisotopic (exact) mass is 265 g/mol. The Kier molecular flexibility index (Phi) is 4.94. The molecule has 1 aliphatic heterocycles. The number of aliphatic hydroxyl groups is 1. The van der Waals surface area contributed by atoms with Gasteiger partial charge < -0.3 is 10.0 Å². The van der Waals surface area contributed by atoms with Crippen LogP contribution < -0.4 is 0 Å². The topological polar surface area (TPSA) is 23.5 Å². The van der Waals surface area contributed by atoms with Crippen LogP contribution in [0.3, 0.4) is 0 Å². The lowest BCUT2D eigenvalue weighted by atomic mass is 9.99. The number of hydrogen-bond acceptors (Lipinski definition) is 2. The van der Waals surface area contributed by atoms with Gasteiger partial charge in [0.15, 0.2) is 0 Å². The van der Waals surface area contributed by atoms with Crippen LogP contribution in [0.1, 0.15) is 43.4 Å². The van der Waals surface area contributed by atoms with E-state index in [-0.39, 0.29) is 5.82 Å². The Balaban J connectivity index is 1.86. The fourth-order valence-electron chi connectivity index (χ4n) is 2.84. The number of rotatable bonds is 4. The van der Waals surface area contributed by atoms with Crippen LogP contribution in [0.25, 0.3) is 0 Å². The SMILES string of the molecule is Cc1cc(C(O)CCN2CCCC(C)C2)ccc1F. The summed E-state index contributed by atoms with van der Waals surface area (Å²) in [4.78, 5) is 2.42. The van der Waals surface area contributed by atoms with E-state index < -0.39 is 6.10 Å². The maximum atomic E-state index is 13.2. The minimum absolute atomic E-state index is 0.208. The number of likely N-dealkylation sites (tertiary alicyclic amines) is 1. The van der Waals surface area contributed by atoms with E-state index in [2.05, 4.69) is 11.8 Å². The molecule has 0 saturated carbocycles. The molecule has 1 aromatic rings. The molecule has 19 heavy (non-hydrogen) atoms. The maximum Gasteiger partial charge on any atom is 0.126 e. The third-order valence-corrected chi connectivity index (χ3v) is 4.03. The largest absolute Gasteiger partial charge is 0.388 e. The Labute approximate surface area is 115 Å². The zero-order valence-electron chi connectivity index (χ0n) is 11.9. The van der Waals surface area contributed by atoms with Crippen molar-refractivity contribution >= 4 is 0 Å². The lowest BCUT2D eigenvalue weighted by molar-refractivity contribution is 0.122. The number of aryl methyl sites for hydroxylation is 1. The van der Waals surface area contributed by atoms with Crippen LogP contribution in [0, 0.1) is 18.7 Å². The van der Waals surface area contributed by atoms with Crippen molar-refractivity contribution in [2.24, 2.45) is 5.92 Å². The van der Waals surface area contributed by atoms with E-state index in [0.717, 1.165) is 37.5 Å². The first-order chi connectivity index (χ1) is 9.06. The lowest BCUT2D eigenvalue weighted by Crippen LogP contribution is -2.35. The zero-order valence-corrected chi connectivity index (χ0v) is 11.9. The third-order valence-electron chi connectivity index (χ3n) is 4.03. The first-order valence-electron chi connectivity index (χ1n) is 7.22. The number of halogens is 1. The highest BCUT2D eigenvalue weighted by Crippen LogP contribution is 2.21. The zero-order chi connectivity index (χ0) is 13.8. The van der Waals surface area contributed by atoms with Gasteiger partial charge in [-0.25, -0.2) is 4.39 Å². The van der Waals surface area contributed by atoms with Gasteiger partial charge in [-0.1, -0.05) is 19.1 Å². The van der Waals surface area contributed by atoms with E-state index in [1.165, 1.54) is 18.9 Å². The van der Waals surface area contributed by atoms with Crippen LogP contribution in [-0.2, 0) is 0 Å². The molecule has 0 aromatic heterocycles. The van der Waals surface area contributed by atoms with E-state index in [4.69, 9.17) is 0 Å². The van der Waals surface area contributed by atoms with Crippen LogP contribution >= 0.6 is 0 Å². The molecular formula is C16H24FNO. The second-order valence-corrected chi connectivity index (χ2v) is 5.86. The van der Waals surface area contributed by atoms with Crippen molar-refractivity contribution in [2.75, 3.05) is 19.6 Å². The number of piperidine rings is 1. The highest BCUT2D eigenvalue weighted by molar-refractivity contribution is 5.25. The molecular weight excluding hydrogens is 241 g/mol. The van der Waals surface area contributed by atoms with Crippen molar-refractivity contribution in [3.05, 3.63) is 35.1 Å². The smallest absolute Gasteiger partial charge is 0.126 e. The van der Waals surface area contributed by atoms with Crippen molar-refractivity contribution in [3.63, 3.8) is 0 Å². The Morgan fingerprint density at radius 1 is 1.47 bits per heavy atom. The minimum Gasteiger partial charge on any atom is -0.388 e. The molecule has 0 spiro atoms. The molecule has 0 bridgehead atoms. The van der Waals surface area contributed by atoms with Crippen LogP contribution in [0.4, 0.5) is 4.39 Å². The fraction of sp³-hybridized carbons (Fsp3) is 0.625. The van der Waals surface area contributed by atoms with Crippen LogP contribution in [0.5, 0.6) is 0 Å². The molecule has 1 saturated heterocycles. The molecule has 0 aliphatic carbocycles. The molecule has 1 N–H and O–H groups in total. The molecule has 1 fully saturated rings. The average Bonchev–Trinajstić information content (AvgIpc) is 2.39. The van der Waals surface area contributed by atoms with Gasteiger partial charge in [0, 0.05) is 13.1 Å². The Morgan fingerprint density at radius 3 is 2.95 bits per heavy atom. The molecule has 1 aromatic carbocycles. The Hall–Kier alpha value is -0.930. The van der Waals surface area contributed by atoms with Crippen LogP contribution in [0.2, 0.25) is 0 Å². The maximum absolute atomic E-state index is 13.2. The third kappa shape index (κ3) is 4.02. The Morgan fingerprint density at radius 2 is 2.26 bits per heavy atom. The van der Waals surface area contributed by atoms with Gasteiger partial charge in [0.05, 0.1) is 6.10 Å². The molecule has 0 radical (unpaired) electrons. The first-order valence-corrected chi connectivity index (χ1v) is 7.22. The summed E-state index contributed by atoms with van der Waals surface area (Å²) in [5.41, 5.74) is 1.42. The predicted molar refractivity (Wildman–Crippen MR) is 75.6 cm³/mol. The molecule has 0 amide bonds. The van der Waals surface area contributed by atoms with E-state index >= 15 is 0 Å². The van der Waals surface area contributed by atoms with E-state index in [0.29, 0.717) is 5.56 Å². The standard InChI is InChI=1S/C16H24FNO/c1-12-4-3-8-18(11-12)9-7-16(19)14-5-6-15(17)13(2)10-14/h5-6,10,12,16,19H,3-4,7-9,11H2,1-2H3. The van der Waals surface area contributed by atoms with Gasteiger partial charge in [-0.05, 0) is 55.8 Å². The van der Waals surface area contributed by atoms with Crippen molar-refractivity contribution in [3.8, 4) is 0 Å². The van der Waals surface area contributed by atoms with Crippen molar-refractivity contribution < 1.29 is 9.50 Å². The first kappa shape index (κ1) is 14.5. The molecule has 2 unspecified atom stereocenters. The summed E-state index contributed by atoms with van der Waals surface area (Å²) < 4.78 is 13.2. The molecule has 106 valence electrons. The molecule has 2 atom stereocenters. The van der Waals surface area contributed by atoms with Crippen LogP contribution in [0.15, 0.2) is 18.2 Å². The highest BCUT2D eigenvalue weighted by atomic mass is 19.1. The van der Waals surface area contributed by atoms with Crippen molar-refractivity contribution in [1.82, 2.24) is 4.90 Å². The normalized spacial score (nSPS) is 22.4. The van der Waals surface area contributed by atoms with Crippen LogP contribution in [-0.4, -0.2) is 29.6 Å². The quantitative estimate of drug-likeness (QED) is 0.903. The van der Waals surface area contributed by atoms with Gasteiger partial charge in [-0.3, -0.25) is 0 Å². The number of benzene rings is 1. The van der Waals surface area contributed by atoms with E-state index in [1.807, 2.05) is 0 Å². The number of aliphatic hydroxyl groups excluding tert-OH is 1. The second-order valence-electron chi connectivity index (χ2n) is 5.86. The van der Waals surface area contributed by atoms with E-state index in [1.54, 1.807) is 19.1 Å². The number of nitrogens with zero attached hydrogens (tertiary/aromatic N) is 1. The van der Waals surface area contributed by atoms with Gasteiger partial charge in [0.25, 0.3) is 0 Å². The fourth-order valence-corrected chi connectivity index (χ4v) is 2.84. The molecule has 1 aliphatic rings. The molecule has 3 heteroatoms. The van der Waals surface area contributed by atoms with Gasteiger partial charge in [-0.2, -0.15) is 0 Å². The molecule has 1 heterocycles. The van der Waals surface area contributed by atoms with E-state index in [9.17, 15) is 9.50 Å². The second kappa shape index (κ2) is 6.49. The average molecular weight is 265 g/mol.